The molecule has 1 aromatic rings. The zero-order valence-electron chi connectivity index (χ0n) is 16.4. The summed E-state index contributed by atoms with van der Waals surface area (Å²) in [6.45, 7) is 7.51. The zero-order chi connectivity index (χ0) is 20.0. The molecule has 27 heavy (non-hydrogen) atoms. The van der Waals surface area contributed by atoms with E-state index in [1.807, 2.05) is 30.3 Å². The van der Waals surface area contributed by atoms with E-state index in [-0.39, 0.29) is 12.5 Å². The number of esters is 1. The van der Waals surface area contributed by atoms with Gasteiger partial charge in [0.15, 0.2) is 0 Å². The first-order chi connectivity index (χ1) is 12.7. The minimum atomic E-state index is -0.803. The number of carbonyl (C=O) groups excluding carboxylic acids is 3. The molecule has 0 unspecified atom stereocenters. The van der Waals surface area contributed by atoms with Crippen molar-refractivity contribution < 1.29 is 23.9 Å². The highest BCUT2D eigenvalue weighted by molar-refractivity contribution is 5.89. The van der Waals surface area contributed by atoms with Crippen LogP contribution in [0.15, 0.2) is 30.3 Å². The van der Waals surface area contributed by atoms with Crippen molar-refractivity contribution >= 4 is 18.0 Å². The van der Waals surface area contributed by atoms with Crippen LogP contribution in [0.5, 0.6) is 0 Å². The van der Waals surface area contributed by atoms with Crippen LogP contribution in [-0.4, -0.2) is 47.1 Å². The van der Waals surface area contributed by atoms with Gasteiger partial charge in [0, 0.05) is 6.54 Å². The Morgan fingerprint density at radius 1 is 1.22 bits per heavy atom. The molecular weight excluding hydrogens is 348 g/mol. The standard InChI is InChI=1S/C20H28N2O5/c1-14(18(24)26-13-15-9-6-5-7-10-15)21-17(23)16-11-8-12-22(16)19(25)27-20(2,3)4/h5-7,9-10,14,16H,8,11-13H2,1-4H3,(H,21,23)/t14-,16+/m1/s1. The molecule has 1 aromatic carbocycles. The van der Waals surface area contributed by atoms with Gasteiger partial charge < -0.3 is 14.8 Å². The molecule has 1 N–H and O–H groups in total. The minimum absolute atomic E-state index is 0.146. The number of nitrogens with zero attached hydrogens (tertiary/aromatic N) is 1. The molecule has 148 valence electrons. The predicted octanol–water partition coefficient (Wildman–Crippen LogP) is 2.63. The summed E-state index contributed by atoms with van der Waals surface area (Å²) in [6.07, 6.45) is 0.737. The fraction of sp³-hybridized carbons (Fsp3) is 0.550. The lowest BCUT2D eigenvalue weighted by Gasteiger charge is -2.28. The summed E-state index contributed by atoms with van der Waals surface area (Å²) in [6, 6.07) is 7.87. The number of hydrogen-bond acceptors (Lipinski definition) is 5. The van der Waals surface area contributed by atoms with Crippen molar-refractivity contribution in [2.24, 2.45) is 0 Å². The molecule has 0 aromatic heterocycles. The van der Waals surface area contributed by atoms with E-state index < -0.39 is 29.7 Å². The van der Waals surface area contributed by atoms with E-state index in [1.165, 1.54) is 4.90 Å². The Labute approximate surface area is 160 Å². The molecule has 2 rings (SSSR count). The number of ether oxygens (including phenoxy) is 2. The first-order valence-corrected chi connectivity index (χ1v) is 9.18. The average molecular weight is 376 g/mol. The van der Waals surface area contributed by atoms with Crippen LogP contribution in [0.2, 0.25) is 0 Å². The molecule has 0 saturated carbocycles. The highest BCUT2D eigenvalue weighted by atomic mass is 16.6. The van der Waals surface area contributed by atoms with Crippen molar-refractivity contribution in [3.05, 3.63) is 35.9 Å². The van der Waals surface area contributed by atoms with Gasteiger partial charge in [-0.3, -0.25) is 9.69 Å². The summed E-state index contributed by atoms with van der Waals surface area (Å²) < 4.78 is 10.6. The van der Waals surface area contributed by atoms with Crippen molar-refractivity contribution in [3.8, 4) is 0 Å². The summed E-state index contributed by atoms with van der Waals surface area (Å²) in [5.74, 6) is -0.892. The summed E-state index contributed by atoms with van der Waals surface area (Å²) in [5.41, 5.74) is 0.242. The Bertz CT molecular complexity index is 669. The number of rotatable bonds is 5. The number of hydrogen-bond donors (Lipinski definition) is 1. The maximum Gasteiger partial charge on any atom is 0.410 e. The maximum atomic E-state index is 12.5. The molecule has 7 heteroatoms. The summed E-state index contributed by atoms with van der Waals surface area (Å²) >= 11 is 0. The minimum Gasteiger partial charge on any atom is -0.459 e. The largest absolute Gasteiger partial charge is 0.459 e. The highest BCUT2D eigenvalue weighted by Crippen LogP contribution is 2.21. The van der Waals surface area contributed by atoms with E-state index in [0.29, 0.717) is 19.4 Å². The number of likely N-dealkylation sites (tertiary alicyclic amines) is 1. The predicted molar refractivity (Wildman–Crippen MR) is 99.8 cm³/mol. The van der Waals surface area contributed by atoms with Crippen LogP contribution < -0.4 is 5.32 Å². The molecule has 7 nitrogen and oxygen atoms in total. The molecule has 0 bridgehead atoms. The van der Waals surface area contributed by atoms with Gasteiger partial charge in [-0.15, -0.1) is 0 Å². The molecule has 1 aliphatic rings. The third-order valence-electron chi connectivity index (χ3n) is 4.12. The van der Waals surface area contributed by atoms with Crippen LogP contribution in [0.25, 0.3) is 0 Å². The van der Waals surface area contributed by atoms with E-state index >= 15 is 0 Å². The Hall–Kier alpha value is -2.57. The first-order valence-electron chi connectivity index (χ1n) is 9.18. The maximum absolute atomic E-state index is 12.5. The molecule has 1 fully saturated rings. The smallest absolute Gasteiger partial charge is 0.410 e. The van der Waals surface area contributed by atoms with Crippen LogP contribution >= 0.6 is 0 Å². The fourth-order valence-electron chi connectivity index (χ4n) is 2.80. The second-order valence-electron chi connectivity index (χ2n) is 7.66. The molecule has 2 amide bonds. The topological polar surface area (TPSA) is 84.9 Å². The molecule has 0 spiro atoms. The summed E-state index contributed by atoms with van der Waals surface area (Å²) in [7, 11) is 0. The van der Waals surface area contributed by atoms with E-state index in [0.717, 1.165) is 5.56 Å². The summed E-state index contributed by atoms with van der Waals surface area (Å²) in [5, 5.41) is 2.64. The average Bonchev–Trinajstić information content (AvgIpc) is 3.09. The molecule has 1 aliphatic heterocycles. The van der Waals surface area contributed by atoms with Gasteiger partial charge in [0.2, 0.25) is 5.91 Å². The molecule has 2 atom stereocenters. The van der Waals surface area contributed by atoms with Crippen molar-refractivity contribution in [1.82, 2.24) is 10.2 Å². The summed E-state index contributed by atoms with van der Waals surface area (Å²) in [4.78, 5) is 38.4. The number of amides is 2. The lowest BCUT2D eigenvalue weighted by Crippen LogP contribution is -2.51. The second-order valence-corrected chi connectivity index (χ2v) is 7.66. The molecule has 0 aliphatic carbocycles. The van der Waals surface area contributed by atoms with Crippen LogP contribution in [0.4, 0.5) is 4.79 Å². The van der Waals surface area contributed by atoms with Gasteiger partial charge in [0.25, 0.3) is 0 Å². The van der Waals surface area contributed by atoms with E-state index in [9.17, 15) is 14.4 Å². The van der Waals surface area contributed by atoms with Crippen LogP contribution in [0.1, 0.15) is 46.1 Å². The number of benzene rings is 1. The van der Waals surface area contributed by atoms with Crippen molar-refractivity contribution in [2.75, 3.05) is 6.54 Å². The SMILES string of the molecule is C[C@@H](NC(=O)[C@@H]1CCCN1C(=O)OC(C)(C)C)C(=O)OCc1ccccc1. The van der Waals surface area contributed by atoms with Gasteiger partial charge in [-0.1, -0.05) is 30.3 Å². The Morgan fingerprint density at radius 3 is 2.52 bits per heavy atom. The fourth-order valence-corrected chi connectivity index (χ4v) is 2.80. The van der Waals surface area contributed by atoms with Crippen LogP contribution in [0.3, 0.4) is 0 Å². The van der Waals surface area contributed by atoms with E-state index in [4.69, 9.17) is 9.47 Å². The van der Waals surface area contributed by atoms with E-state index in [1.54, 1.807) is 27.7 Å². The van der Waals surface area contributed by atoms with Gasteiger partial charge in [0.1, 0.15) is 24.3 Å². The number of carbonyl (C=O) groups is 3. The Balaban J connectivity index is 1.87. The van der Waals surface area contributed by atoms with Crippen molar-refractivity contribution in [3.63, 3.8) is 0 Å². The van der Waals surface area contributed by atoms with Crippen LogP contribution in [-0.2, 0) is 25.7 Å². The zero-order valence-corrected chi connectivity index (χ0v) is 16.4. The monoisotopic (exact) mass is 376 g/mol. The second kappa shape index (κ2) is 8.88. The van der Waals surface area contributed by atoms with Gasteiger partial charge >= 0.3 is 12.1 Å². The first kappa shape index (κ1) is 20.7. The molecule has 0 radical (unpaired) electrons. The third-order valence-corrected chi connectivity index (χ3v) is 4.12. The van der Waals surface area contributed by atoms with E-state index in [2.05, 4.69) is 5.32 Å². The lowest BCUT2D eigenvalue weighted by atomic mass is 10.2. The van der Waals surface area contributed by atoms with Gasteiger partial charge in [0.05, 0.1) is 0 Å². The van der Waals surface area contributed by atoms with Crippen LogP contribution in [0, 0.1) is 0 Å². The number of nitrogens with one attached hydrogen (secondary N) is 1. The Kier molecular flexibility index (Phi) is 6.82. The normalized spacial score (nSPS) is 17.9. The highest BCUT2D eigenvalue weighted by Gasteiger charge is 2.37. The van der Waals surface area contributed by atoms with Crippen molar-refractivity contribution in [2.45, 2.75) is 64.8 Å². The van der Waals surface area contributed by atoms with Gasteiger partial charge in [-0.05, 0) is 46.1 Å². The molecule has 1 heterocycles. The third kappa shape index (κ3) is 6.27. The lowest BCUT2D eigenvalue weighted by molar-refractivity contribution is -0.149. The quantitative estimate of drug-likeness (QED) is 0.799. The molecular formula is C20H28N2O5. The van der Waals surface area contributed by atoms with Gasteiger partial charge in [-0.2, -0.15) is 0 Å². The molecule has 1 saturated heterocycles. The Morgan fingerprint density at radius 2 is 1.89 bits per heavy atom. The van der Waals surface area contributed by atoms with Gasteiger partial charge in [-0.25, -0.2) is 9.59 Å². The van der Waals surface area contributed by atoms with Crippen molar-refractivity contribution in [1.29, 1.82) is 0 Å².